The summed E-state index contributed by atoms with van der Waals surface area (Å²) in [5.41, 5.74) is -0.308. The highest BCUT2D eigenvalue weighted by Gasteiger charge is 2.50. The number of nitrogens with zero attached hydrogens (tertiary/aromatic N) is 1. The van der Waals surface area contributed by atoms with Gasteiger partial charge in [-0.05, 0) is 68.1 Å². The average molecular weight is 615 g/mol. The lowest BCUT2D eigenvalue weighted by Crippen LogP contribution is -2.44. The van der Waals surface area contributed by atoms with E-state index < -0.39 is 12.0 Å². The molecule has 1 N–H and O–H groups in total. The van der Waals surface area contributed by atoms with Crippen molar-refractivity contribution < 1.29 is 38.2 Å². The Hall–Kier alpha value is -2.78. The van der Waals surface area contributed by atoms with Gasteiger partial charge >= 0.3 is 12.1 Å². The van der Waals surface area contributed by atoms with Gasteiger partial charge in [-0.25, -0.2) is 4.79 Å². The summed E-state index contributed by atoms with van der Waals surface area (Å²) in [4.78, 5) is 77.5. The lowest BCUT2D eigenvalue weighted by atomic mass is 9.60. The predicted molar refractivity (Wildman–Crippen MR) is 160 cm³/mol. The summed E-state index contributed by atoms with van der Waals surface area (Å²) in [7, 11) is 0. The number of esters is 1. The maximum Gasteiger partial charge on any atom is 0.407 e. The molecule has 0 aromatic carbocycles. The van der Waals surface area contributed by atoms with Crippen molar-refractivity contribution in [2.75, 3.05) is 26.3 Å². The Bertz CT molecular complexity index is 1120. The number of rotatable bonds is 10. The molecular weight excluding hydrogens is 564 g/mol. The molecule has 6 unspecified atom stereocenters. The first-order valence-corrected chi connectivity index (χ1v) is 16.9. The number of imide groups is 1. The van der Waals surface area contributed by atoms with E-state index in [0.717, 1.165) is 70.6 Å². The summed E-state index contributed by atoms with van der Waals surface area (Å²) in [5, 5.41) is 2.88. The highest BCUT2D eigenvalue weighted by molar-refractivity contribution is 6.11. The van der Waals surface area contributed by atoms with Crippen LogP contribution >= 0.6 is 0 Å². The maximum atomic E-state index is 12.8. The Morgan fingerprint density at radius 1 is 0.795 bits per heavy atom. The van der Waals surface area contributed by atoms with Crippen molar-refractivity contribution in [1.29, 1.82) is 0 Å². The van der Waals surface area contributed by atoms with Crippen molar-refractivity contribution in [2.45, 2.75) is 104 Å². The molecule has 3 amide bonds. The molecule has 44 heavy (non-hydrogen) atoms. The molecule has 10 heteroatoms. The number of likely N-dealkylation sites (tertiary alicyclic amines) is 1. The minimum absolute atomic E-state index is 0.00982. The number of Topliss-reactive ketones (excluding diaryl/α,β-unsaturated/α-hetero) is 2. The van der Waals surface area contributed by atoms with Crippen molar-refractivity contribution >= 4 is 35.4 Å². The van der Waals surface area contributed by atoms with Crippen LogP contribution in [0.2, 0.25) is 0 Å². The van der Waals surface area contributed by atoms with Gasteiger partial charge in [0.25, 0.3) is 0 Å². The molecule has 4 saturated carbocycles. The third-order valence-corrected chi connectivity index (χ3v) is 11.0. The molecule has 1 saturated heterocycles. The van der Waals surface area contributed by atoms with Crippen molar-refractivity contribution in [1.82, 2.24) is 10.2 Å². The summed E-state index contributed by atoms with van der Waals surface area (Å²) < 4.78 is 10.9. The highest BCUT2D eigenvalue weighted by Crippen LogP contribution is 2.49. The third kappa shape index (κ3) is 7.20. The minimum Gasteiger partial charge on any atom is -0.464 e. The number of carbonyl (C=O) groups excluding carboxylic acids is 6. The topological polar surface area (TPSA) is 136 Å². The van der Waals surface area contributed by atoms with Gasteiger partial charge in [0.15, 0.2) is 0 Å². The quantitative estimate of drug-likeness (QED) is 0.214. The van der Waals surface area contributed by atoms with E-state index in [0.29, 0.717) is 6.54 Å². The maximum absolute atomic E-state index is 12.8. The molecule has 10 nitrogen and oxygen atoms in total. The number of amides is 3. The fraction of sp³-hybridized carbons (Fsp3) is 0.824. The number of ether oxygens (including phenoxy) is 2. The Morgan fingerprint density at radius 2 is 1.36 bits per heavy atom. The van der Waals surface area contributed by atoms with E-state index in [2.05, 4.69) is 26.1 Å². The van der Waals surface area contributed by atoms with Crippen LogP contribution in [0.5, 0.6) is 0 Å². The largest absolute Gasteiger partial charge is 0.464 e. The molecule has 5 rings (SSSR count). The summed E-state index contributed by atoms with van der Waals surface area (Å²) in [6, 6.07) is 0. The normalized spacial score (nSPS) is 34.8. The molecule has 0 aromatic heterocycles. The number of carbonyl (C=O) groups is 6. The predicted octanol–water partition coefficient (Wildman–Crippen LogP) is 4.62. The smallest absolute Gasteiger partial charge is 0.407 e. The number of hydrogen-bond donors (Lipinski definition) is 1. The fourth-order valence-electron chi connectivity index (χ4n) is 9.49. The summed E-state index contributed by atoms with van der Waals surface area (Å²) in [5.74, 6) is -1.79. The number of hydrogen-bond acceptors (Lipinski definition) is 8. The first-order valence-electron chi connectivity index (χ1n) is 16.9. The zero-order valence-corrected chi connectivity index (χ0v) is 26.7. The van der Waals surface area contributed by atoms with Crippen molar-refractivity contribution in [2.24, 2.45) is 46.3 Å². The second-order valence-corrected chi connectivity index (χ2v) is 15.3. The van der Waals surface area contributed by atoms with Gasteiger partial charge in [-0.1, -0.05) is 46.5 Å². The van der Waals surface area contributed by atoms with Crippen LogP contribution in [-0.4, -0.2) is 66.6 Å². The fourth-order valence-corrected chi connectivity index (χ4v) is 9.49. The number of fused-ring (bicyclic) bond motifs is 2. The molecule has 5 aliphatic rings. The van der Waals surface area contributed by atoms with E-state index in [1.807, 2.05) is 0 Å². The average Bonchev–Trinajstić information content (AvgIpc) is 3.35. The molecular formula is C34H50N2O8. The van der Waals surface area contributed by atoms with E-state index >= 15 is 0 Å². The van der Waals surface area contributed by atoms with Crippen LogP contribution in [-0.2, 0) is 33.4 Å². The van der Waals surface area contributed by atoms with Crippen LogP contribution in [0.25, 0.3) is 0 Å². The van der Waals surface area contributed by atoms with E-state index in [1.165, 1.54) is 4.90 Å². The minimum atomic E-state index is -0.645. The van der Waals surface area contributed by atoms with Gasteiger partial charge in [0, 0.05) is 24.8 Å². The Balaban J connectivity index is 1.04. The van der Waals surface area contributed by atoms with Crippen LogP contribution < -0.4 is 5.32 Å². The van der Waals surface area contributed by atoms with Gasteiger partial charge in [-0.2, -0.15) is 0 Å². The second kappa shape index (κ2) is 13.3. The molecule has 1 heterocycles. The number of nitrogens with one attached hydrogen (secondary N) is 1. The van der Waals surface area contributed by atoms with E-state index in [1.54, 1.807) is 0 Å². The molecule has 0 bridgehead atoms. The van der Waals surface area contributed by atoms with Crippen LogP contribution in [0.3, 0.4) is 0 Å². The Labute approximate surface area is 260 Å². The lowest BCUT2D eigenvalue weighted by molar-refractivity contribution is -0.150. The second-order valence-electron chi connectivity index (χ2n) is 15.3. The van der Waals surface area contributed by atoms with Crippen LogP contribution in [0, 0.1) is 46.3 Å². The molecule has 6 atom stereocenters. The van der Waals surface area contributed by atoms with Gasteiger partial charge in [-0.3, -0.25) is 28.9 Å². The van der Waals surface area contributed by atoms with Crippen molar-refractivity contribution in [3.8, 4) is 0 Å². The molecule has 1 aliphatic heterocycles. The zero-order chi connectivity index (χ0) is 31.6. The number of ketones is 2. The molecule has 0 spiro atoms. The van der Waals surface area contributed by atoms with Gasteiger partial charge in [0.2, 0.25) is 11.8 Å². The first-order chi connectivity index (χ1) is 20.9. The van der Waals surface area contributed by atoms with Gasteiger partial charge in [0.1, 0.15) is 18.2 Å². The van der Waals surface area contributed by atoms with Crippen LogP contribution in [0.15, 0.2) is 0 Å². The SMILES string of the molecule is CC1(C)CC(CC(=O)OCCN2C(=O)C3CCCCC3C2=O)CC(C)(CNC(=O)OCCC2C(=O)C3CCCCC3C2=O)C1. The molecule has 4 aliphatic carbocycles. The van der Waals surface area contributed by atoms with Crippen LogP contribution in [0.1, 0.15) is 104 Å². The number of alkyl carbamates (subject to hydrolysis) is 1. The molecule has 244 valence electrons. The summed E-state index contributed by atoms with van der Waals surface area (Å²) in [6.07, 6.45) is 9.40. The molecule has 0 aromatic rings. The Morgan fingerprint density at radius 3 is 1.95 bits per heavy atom. The standard InChI is InChI=1S/C34H50N2O8/c1-33(2)17-21(16-27(37)43-15-13-36-30(40)24-10-6-7-11-25(24)31(36)41)18-34(3,19-33)20-35-32(42)44-14-12-26-28(38)22-8-4-5-9-23(22)29(26)39/h21-26H,4-20H2,1-3H3,(H,35,42). The van der Waals surface area contributed by atoms with Gasteiger partial charge in [0.05, 0.1) is 30.9 Å². The molecule has 5 fully saturated rings. The van der Waals surface area contributed by atoms with Crippen LogP contribution in [0.4, 0.5) is 4.79 Å². The Kier molecular flexibility index (Phi) is 9.85. The van der Waals surface area contributed by atoms with Gasteiger partial charge in [-0.15, -0.1) is 0 Å². The summed E-state index contributed by atoms with van der Waals surface area (Å²) in [6.45, 7) is 6.97. The lowest BCUT2D eigenvalue weighted by Gasteiger charge is -2.46. The first kappa shape index (κ1) is 32.6. The summed E-state index contributed by atoms with van der Waals surface area (Å²) >= 11 is 0. The van der Waals surface area contributed by atoms with Crippen molar-refractivity contribution in [3.05, 3.63) is 0 Å². The van der Waals surface area contributed by atoms with E-state index in [9.17, 15) is 28.8 Å². The zero-order valence-electron chi connectivity index (χ0n) is 26.7. The third-order valence-electron chi connectivity index (χ3n) is 11.0. The van der Waals surface area contributed by atoms with Gasteiger partial charge < -0.3 is 14.8 Å². The van der Waals surface area contributed by atoms with Crippen molar-refractivity contribution in [3.63, 3.8) is 0 Å². The van der Waals surface area contributed by atoms with E-state index in [4.69, 9.17) is 9.47 Å². The molecule has 0 radical (unpaired) electrons. The highest BCUT2D eigenvalue weighted by atomic mass is 16.5. The monoisotopic (exact) mass is 614 g/mol. The van der Waals surface area contributed by atoms with E-state index in [-0.39, 0.29) is 102 Å².